The van der Waals surface area contributed by atoms with E-state index >= 15 is 0 Å². The smallest absolute Gasteiger partial charge is 0.267 e. The zero-order chi connectivity index (χ0) is 13.2. The van der Waals surface area contributed by atoms with Gasteiger partial charge in [0.15, 0.2) is 0 Å². The third-order valence-electron chi connectivity index (χ3n) is 3.57. The van der Waals surface area contributed by atoms with E-state index in [9.17, 15) is 4.79 Å². The van der Waals surface area contributed by atoms with Crippen LogP contribution in [0, 0.1) is 0 Å². The van der Waals surface area contributed by atoms with E-state index in [4.69, 9.17) is 5.73 Å². The summed E-state index contributed by atoms with van der Waals surface area (Å²) < 4.78 is 0. The maximum atomic E-state index is 12.3. The highest BCUT2D eigenvalue weighted by atomic mass is 16.2. The van der Waals surface area contributed by atoms with E-state index in [2.05, 4.69) is 10.4 Å². The van der Waals surface area contributed by atoms with Gasteiger partial charge in [0.05, 0.1) is 5.56 Å². The molecule has 1 aliphatic heterocycles. The van der Waals surface area contributed by atoms with Crippen molar-refractivity contribution in [2.24, 2.45) is 0 Å². The standard InChI is InChI=1S/C14H18N4O/c15-10-4-5-13-11(8-10)12(9-16-13)14(19)17-18-6-2-1-3-7-18/h4-5,8-9,16H,1-3,6-7,15H2,(H,17,19). The summed E-state index contributed by atoms with van der Waals surface area (Å²) in [5.74, 6) is -0.0706. The van der Waals surface area contributed by atoms with Crippen molar-refractivity contribution in [3.63, 3.8) is 0 Å². The first-order valence-corrected chi connectivity index (χ1v) is 6.66. The number of nitrogens with one attached hydrogen (secondary N) is 2. The van der Waals surface area contributed by atoms with Crippen LogP contribution in [0.15, 0.2) is 24.4 Å². The molecular weight excluding hydrogens is 240 g/mol. The number of anilines is 1. The molecule has 0 spiro atoms. The summed E-state index contributed by atoms with van der Waals surface area (Å²) in [6, 6.07) is 5.55. The zero-order valence-electron chi connectivity index (χ0n) is 10.8. The first-order chi connectivity index (χ1) is 9.24. The maximum Gasteiger partial charge on any atom is 0.267 e. The summed E-state index contributed by atoms with van der Waals surface area (Å²) in [5.41, 5.74) is 11.0. The fourth-order valence-corrected chi connectivity index (χ4v) is 2.54. The molecule has 2 aromatic rings. The van der Waals surface area contributed by atoms with Crippen LogP contribution in [-0.2, 0) is 0 Å². The van der Waals surface area contributed by atoms with Crippen molar-refractivity contribution >= 4 is 22.5 Å². The monoisotopic (exact) mass is 258 g/mol. The van der Waals surface area contributed by atoms with E-state index in [1.807, 2.05) is 23.2 Å². The second kappa shape index (κ2) is 4.93. The third kappa shape index (κ3) is 2.42. The van der Waals surface area contributed by atoms with E-state index in [1.165, 1.54) is 6.42 Å². The van der Waals surface area contributed by atoms with Gasteiger partial charge in [0.2, 0.25) is 0 Å². The number of H-pyrrole nitrogens is 1. The predicted octanol–water partition coefficient (Wildman–Crippen LogP) is 1.88. The van der Waals surface area contributed by atoms with E-state index in [-0.39, 0.29) is 5.91 Å². The molecule has 5 heteroatoms. The van der Waals surface area contributed by atoms with Crippen LogP contribution in [0.3, 0.4) is 0 Å². The Labute approximate surface area is 111 Å². The molecule has 1 aromatic carbocycles. The minimum absolute atomic E-state index is 0.0706. The fraction of sp³-hybridized carbons (Fsp3) is 0.357. The lowest BCUT2D eigenvalue weighted by molar-refractivity contribution is 0.0752. The number of piperidine rings is 1. The molecule has 1 aromatic heterocycles. The largest absolute Gasteiger partial charge is 0.399 e. The molecule has 1 saturated heterocycles. The van der Waals surface area contributed by atoms with Crippen LogP contribution in [0.4, 0.5) is 5.69 Å². The Hall–Kier alpha value is -2.01. The van der Waals surface area contributed by atoms with E-state index in [1.54, 1.807) is 6.20 Å². The number of carbonyl (C=O) groups excluding carboxylic acids is 1. The van der Waals surface area contributed by atoms with Crippen molar-refractivity contribution in [1.29, 1.82) is 0 Å². The number of aromatic amines is 1. The first kappa shape index (κ1) is 12.0. The molecule has 5 nitrogen and oxygen atoms in total. The number of carbonyl (C=O) groups is 1. The highest BCUT2D eigenvalue weighted by Gasteiger charge is 2.16. The summed E-state index contributed by atoms with van der Waals surface area (Å²) in [6.07, 6.45) is 5.27. The van der Waals surface area contributed by atoms with Crippen LogP contribution in [-0.4, -0.2) is 29.0 Å². The van der Waals surface area contributed by atoms with Crippen LogP contribution in [0.2, 0.25) is 0 Å². The zero-order valence-corrected chi connectivity index (χ0v) is 10.8. The van der Waals surface area contributed by atoms with Gasteiger partial charge < -0.3 is 10.7 Å². The highest BCUT2D eigenvalue weighted by Crippen LogP contribution is 2.21. The average Bonchev–Trinajstić information content (AvgIpc) is 2.82. The maximum absolute atomic E-state index is 12.3. The van der Waals surface area contributed by atoms with Crippen molar-refractivity contribution in [3.8, 4) is 0 Å². The molecule has 1 fully saturated rings. The summed E-state index contributed by atoms with van der Waals surface area (Å²) in [4.78, 5) is 15.4. The number of hydrazine groups is 1. The summed E-state index contributed by atoms with van der Waals surface area (Å²) >= 11 is 0. The quantitative estimate of drug-likeness (QED) is 0.720. The summed E-state index contributed by atoms with van der Waals surface area (Å²) in [7, 11) is 0. The molecule has 100 valence electrons. The van der Waals surface area contributed by atoms with Gasteiger partial charge in [0.1, 0.15) is 0 Å². The Bertz CT molecular complexity index is 599. The molecule has 19 heavy (non-hydrogen) atoms. The van der Waals surface area contributed by atoms with Gasteiger partial charge in [-0.25, -0.2) is 5.01 Å². The molecule has 0 radical (unpaired) electrons. The average molecular weight is 258 g/mol. The van der Waals surface area contributed by atoms with Gasteiger partial charge in [-0.05, 0) is 31.0 Å². The molecule has 0 saturated carbocycles. The molecule has 0 aliphatic carbocycles. The molecular formula is C14H18N4O. The number of benzene rings is 1. The number of nitrogens with two attached hydrogens (primary N) is 1. The Balaban J connectivity index is 1.82. The summed E-state index contributed by atoms with van der Waals surface area (Å²) in [6.45, 7) is 1.85. The molecule has 4 N–H and O–H groups in total. The summed E-state index contributed by atoms with van der Waals surface area (Å²) in [5, 5.41) is 2.87. The number of fused-ring (bicyclic) bond motifs is 1. The molecule has 2 heterocycles. The normalized spacial score (nSPS) is 16.6. The first-order valence-electron chi connectivity index (χ1n) is 6.66. The van der Waals surface area contributed by atoms with Crippen molar-refractivity contribution in [2.45, 2.75) is 19.3 Å². The second-order valence-corrected chi connectivity index (χ2v) is 5.00. The number of rotatable bonds is 2. The lowest BCUT2D eigenvalue weighted by Gasteiger charge is -2.26. The van der Waals surface area contributed by atoms with Crippen LogP contribution in [0.25, 0.3) is 10.9 Å². The van der Waals surface area contributed by atoms with Gasteiger partial charge in [-0.1, -0.05) is 6.42 Å². The molecule has 0 unspecified atom stereocenters. The van der Waals surface area contributed by atoms with Gasteiger partial charge in [-0.2, -0.15) is 0 Å². The van der Waals surface area contributed by atoms with Gasteiger partial charge in [0.25, 0.3) is 5.91 Å². The Kier molecular flexibility index (Phi) is 3.13. The number of aromatic nitrogens is 1. The van der Waals surface area contributed by atoms with Gasteiger partial charge in [-0.15, -0.1) is 0 Å². The number of hydrogen-bond acceptors (Lipinski definition) is 3. The molecule has 0 bridgehead atoms. The van der Waals surface area contributed by atoms with Crippen LogP contribution in [0.1, 0.15) is 29.6 Å². The van der Waals surface area contributed by atoms with Gasteiger partial charge in [0, 0.05) is 35.9 Å². The minimum Gasteiger partial charge on any atom is -0.399 e. The second-order valence-electron chi connectivity index (χ2n) is 5.00. The predicted molar refractivity (Wildman–Crippen MR) is 75.6 cm³/mol. The number of nitrogens with zero attached hydrogens (tertiary/aromatic N) is 1. The highest BCUT2D eigenvalue weighted by molar-refractivity contribution is 6.07. The minimum atomic E-state index is -0.0706. The molecule has 0 atom stereocenters. The molecule has 3 rings (SSSR count). The van der Waals surface area contributed by atoms with E-state index in [0.717, 1.165) is 36.8 Å². The Morgan fingerprint density at radius 2 is 2.05 bits per heavy atom. The van der Waals surface area contributed by atoms with Crippen molar-refractivity contribution in [2.75, 3.05) is 18.8 Å². The Morgan fingerprint density at radius 3 is 2.84 bits per heavy atom. The molecule has 1 aliphatic rings. The number of nitrogen functional groups attached to an aromatic ring is 1. The third-order valence-corrected chi connectivity index (χ3v) is 3.57. The Morgan fingerprint density at radius 1 is 1.26 bits per heavy atom. The SMILES string of the molecule is Nc1ccc2[nH]cc(C(=O)NN3CCCCC3)c2c1. The van der Waals surface area contributed by atoms with E-state index in [0.29, 0.717) is 11.3 Å². The van der Waals surface area contributed by atoms with Gasteiger partial charge >= 0.3 is 0 Å². The lowest BCUT2D eigenvalue weighted by Crippen LogP contribution is -2.44. The van der Waals surface area contributed by atoms with Crippen LogP contribution < -0.4 is 11.2 Å². The fourth-order valence-electron chi connectivity index (χ4n) is 2.54. The number of hydrogen-bond donors (Lipinski definition) is 3. The van der Waals surface area contributed by atoms with Crippen LogP contribution >= 0.6 is 0 Å². The number of amides is 1. The molecule has 1 amide bonds. The van der Waals surface area contributed by atoms with Crippen molar-refractivity contribution in [1.82, 2.24) is 15.4 Å². The van der Waals surface area contributed by atoms with Crippen molar-refractivity contribution < 1.29 is 4.79 Å². The lowest BCUT2D eigenvalue weighted by atomic mass is 10.1. The van der Waals surface area contributed by atoms with Crippen LogP contribution in [0.5, 0.6) is 0 Å². The van der Waals surface area contributed by atoms with Gasteiger partial charge in [-0.3, -0.25) is 10.2 Å². The van der Waals surface area contributed by atoms with Crippen molar-refractivity contribution in [3.05, 3.63) is 30.0 Å². The van der Waals surface area contributed by atoms with E-state index < -0.39 is 0 Å². The topological polar surface area (TPSA) is 74.1 Å².